The molecule has 0 saturated heterocycles. The molecule has 2 aliphatic rings. The molecule has 0 unspecified atom stereocenters. The molecule has 0 aliphatic heterocycles. The van der Waals surface area contributed by atoms with Gasteiger partial charge in [-0.05, 0) is 51.4 Å². The van der Waals surface area contributed by atoms with Crippen molar-refractivity contribution >= 4 is 5.91 Å². The highest BCUT2D eigenvalue weighted by molar-refractivity contribution is 5.78. The second-order valence-corrected chi connectivity index (χ2v) is 7.02. The van der Waals surface area contributed by atoms with E-state index in [0.29, 0.717) is 23.9 Å². The third-order valence-electron chi connectivity index (χ3n) is 5.32. The first-order valence-electron chi connectivity index (χ1n) is 8.72. The highest BCUT2D eigenvalue weighted by Gasteiger charge is 2.25. The molecule has 1 atom stereocenters. The minimum Gasteiger partial charge on any atom is -0.353 e. The summed E-state index contributed by atoms with van der Waals surface area (Å²) in [5, 5.41) is 3.31. The van der Waals surface area contributed by atoms with Crippen LogP contribution in [0, 0.1) is 11.8 Å². The third kappa shape index (κ3) is 4.76. The van der Waals surface area contributed by atoms with E-state index in [1.807, 2.05) is 0 Å². The molecule has 3 heteroatoms. The summed E-state index contributed by atoms with van der Waals surface area (Å²) in [5.74, 6) is 1.25. The predicted molar refractivity (Wildman–Crippen MR) is 83.3 cm³/mol. The molecule has 0 radical (unpaired) electrons. The molecule has 2 rings (SSSR count). The van der Waals surface area contributed by atoms with E-state index in [9.17, 15) is 4.79 Å². The van der Waals surface area contributed by atoms with E-state index in [4.69, 9.17) is 5.73 Å². The zero-order valence-electron chi connectivity index (χ0n) is 13.1. The van der Waals surface area contributed by atoms with Crippen LogP contribution in [-0.4, -0.2) is 18.0 Å². The minimum absolute atomic E-state index is 0.256. The summed E-state index contributed by atoms with van der Waals surface area (Å²) in [6.07, 6.45) is 13.1. The Kier molecular flexibility index (Phi) is 6.34. The highest BCUT2D eigenvalue weighted by atomic mass is 16.1. The van der Waals surface area contributed by atoms with Gasteiger partial charge in [-0.25, -0.2) is 0 Å². The van der Waals surface area contributed by atoms with E-state index in [2.05, 4.69) is 12.2 Å². The summed E-state index contributed by atoms with van der Waals surface area (Å²) in [6.45, 7) is 2.12. The Morgan fingerprint density at radius 2 is 1.55 bits per heavy atom. The van der Waals surface area contributed by atoms with Gasteiger partial charge in [-0.3, -0.25) is 4.79 Å². The van der Waals surface area contributed by atoms with Crippen molar-refractivity contribution in [2.75, 3.05) is 0 Å². The second kappa shape index (κ2) is 8.02. The molecule has 0 aromatic carbocycles. The fraction of sp³-hybridized carbons (Fsp3) is 0.941. The maximum atomic E-state index is 12.4. The first-order chi connectivity index (χ1) is 9.66. The Balaban J connectivity index is 1.76. The molecule has 2 saturated carbocycles. The highest BCUT2D eigenvalue weighted by Crippen LogP contribution is 2.28. The van der Waals surface area contributed by atoms with Crippen molar-refractivity contribution in [3.8, 4) is 0 Å². The average molecular weight is 280 g/mol. The molecule has 0 spiro atoms. The predicted octanol–water partition coefficient (Wildman–Crippen LogP) is 3.37. The van der Waals surface area contributed by atoms with Crippen LogP contribution < -0.4 is 11.1 Å². The van der Waals surface area contributed by atoms with Crippen LogP contribution in [0.4, 0.5) is 0 Å². The van der Waals surface area contributed by atoms with Crippen LogP contribution in [0.25, 0.3) is 0 Å². The number of carbonyl (C=O) groups excluding carboxylic acids is 1. The Bertz CT molecular complexity index is 287. The topological polar surface area (TPSA) is 55.1 Å². The standard InChI is InChI=1S/C17H32N2O/c1-13(18)14-7-5-9-15(10-6-8-14)17(20)19-16-11-3-2-4-12-16/h13-16H,2-12,18H2,1H3,(H,19,20)/t13-,14?,15?/m1/s1. The molecule has 20 heavy (non-hydrogen) atoms. The van der Waals surface area contributed by atoms with Crippen molar-refractivity contribution in [1.29, 1.82) is 0 Å². The lowest BCUT2D eigenvalue weighted by Crippen LogP contribution is -2.40. The molecule has 2 aliphatic carbocycles. The fourth-order valence-corrected chi connectivity index (χ4v) is 3.90. The summed E-state index contributed by atoms with van der Waals surface area (Å²) in [4.78, 5) is 12.4. The number of hydrogen-bond donors (Lipinski definition) is 2. The van der Waals surface area contributed by atoms with E-state index in [1.54, 1.807) is 0 Å². The summed E-state index contributed by atoms with van der Waals surface area (Å²) in [7, 11) is 0. The van der Waals surface area contributed by atoms with Gasteiger partial charge in [0.1, 0.15) is 0 Å². The van der Waals surface area contributed by atoms with Gasteiger partial charge in [-0.1, -0.05) is 32.1 Å². The van der Waals surface area contributed by atoms with E-state index in [0.717, 1.165) is 25.7 Å². The fourth-order valence-electron chi connectivity index (χ4n) is 3.90. The van der Waals surface area contributed by atoms with E-state index in [1.165, 1.54) is 44.9 Å². The van der Waals surface area contributed by atoms with Gasteiger partial charge in [0.2, 0.25) is 5.91 Å². The number of amides is 1. The summed E-state index contributed by atoms with van der Waals surface area (Å²) >= 11 is 0. The molecular formula is C17H32N2O. The molecule has 0 bridgehead atoms. The lowest BCUT2D eigenvalue weighted by Gasteiger charge is -2.28. The van der Waals surface area contributed by atoms with Crippen LogP contribution in [0.3, 0.4) is 0 Å². The van der Waals surface area contributed by atoms with Gasteiger partial charge < -0.3 is 11.1 Å². The normalized spacial score (nSPS) is 31.1. The van der Waals surface area contributed by atoms with E-state index < -0.39 is 0 Å². The monoisotopic (exact) mass is 280 g/mol. The van der Waals surface area contributed by atoms with Gasteiger partial charge in [-0.2, -0.15) is 0 Å². The first kappa shape index (κ1) is 15.8. The molecule has 116 valence electrons. The summed E-state index contributed by atoms with van der Waals surface area (Å²) in [5.41, 5.74) is 6.03. The molecule has 0 heterocycles. The Morgan fingerprint density at radius 1 is 0.950 bits per heavy atom. The minimum atomic E-state index is 0.256. The van der Waals surface area contributed by atoms with Crippen molar-refractivity contribution in [2.45, 2.75) is 89.6 Å². The lowest BCUT2D eigenvalue weighted by atomic mass is 9.82. The van der Waals surface area contributed by atoms with Crippen molar-refractivity contribution in [2.24, 2.45) is 17.6 Å². The molecule has 0 aromatic heterocycles. The van der Waals surface area contributed by atoms with Gasteiger partial charge in [0.25, 0.3) is 0 Å². The quantitative estimate of drug-likeness (QED) is 0.833. The van der Waals surface area contributed by atoms with Crippen molar-refractivity contribution in [3.05, 3.63) is 0 Å². The largest absolute Gasteiger partial charge is 0.353 e. The Labute approximate surface area is 124 Å². The van der Waals surface area contributed by atoms with Crippen molar-refractivity contribution < 1.29 is 4.79 Å². The van der Waals surface area contributed by atoms with Crippen molar-refractivity contribution in [1.82, 2.24) is 5.32 Å². The van der Waals surface area contributed by atoms with Crippen LogP contribution in [0.5, 0.6) is 0 Å². The number of nitrogens with one attached hydrogen (secondary N) is 1. The van der Waals surface area contributed by atoms with Crippen LogP contribution in [0.15, 0.2) is 0 Å². The Morgan fingerprint density at radius 3 is 2.10 bits per heavy atom. The average Bonchev–Trinajstić information content (AvgIpc) is 2.39. The number of hydrogen-bond acceptors (Lipinski definition) is 2. The van der Waals surface area contributed by atoms with Crippen LogP contribution >= 0.6 is 0 Å². The van der Waals surface area contributed by atoms with Crippen LogP contribution in [0.2, 0.25) is 0 Å². The van der Waals surface area contributed by atoms with Crippen LogP contribution in [-0.2, 0) is 4.79 Å². The zero-order chi connectivity index (χ0) is 14.4. The van der Waals surface area contributed by atoms with Crippen molar-refractivity contribution in [3.63, 3.8) is 0 Å². The molecule has 2 fully saturated rings. The number of nitrogens with two attached hydrogens (primary N) is 1. The first-order valence-corrected chi connectivity index (χ1v) is 8.72. The third-order valence-corrected chi connectivity index (χ3v) is 5.32. The number of rotatable bonds is 3. The number of carbonyl (C=O) groups is 1. The molecule has 3 N–H and O–H groups in total. The summed E-state index contributed by atoms with van der Waals surface area (Å²) in [6, 6.07) is 0.765. The zero-order valence-corrected chi connectivity index (χ0v) is 13.1. The Hall–Kier alpha value is -0.570. The molecule has 0 aromatic rings. The SMILES string of the molecule is C[C@@H](N)C1CCCC(C(=O)NC2CCCCC2)CCC1. The van der Waals surface area contributed by atoms with Crippen LogP contribution in [0.1, 0.15) is 77.6 Å². The van der Waals surface area contributed by atoms with E-state index >= 15 is 0 Å². The lowest BCUT2D eigenvalue weighted by molar-refractivity contribution is -0.126. The summed E-state index contributed by atoms with van der Waals surface area (Å²) < 4.78 is 0. The van der Waals surface area contributed by atoms with E-state index in [-0.39, 0.29) is 5.92 Å². The maximum absolute atomic E-state index is 12.4. The van der Waals surface area contributed by atoms with Gasteiger partial charge in [0.15, 0.2) is 0 Å². The maximum Gasteiger partial charge on any atom is 0.223 e. The van der Waals surface area contributed by atoms with Gasteiger partial charge in [0.05, 0.1) is 0 Å². The van der Waals surface area contributed by atoms with Gasteiger partial charge in [0, 0.05) is 18.0 Å². The smallest absolute Gasteiger partial charge is 0.223 e. The molecule has 1 amide bonds. The second-order valence-electron chi connectivity index (χ2n) is 7.02. The molecule has 3 nitrogen and oxygen atoms in total. The molecular weight excluding hydrogens is 248 g/mol. The van der Waals surface area contributed by atoms with Gasteiger partial charge >= 0.3 is 0 Å². The van der Waals surface area contributed by atoms with Gasteiger partial charge in [-0.15, -0.1) is 0 Å².